The Hall–Kier alpha value is -3.85. The van der Waals surface area contributed by atoms with Crippen molar-refractivity contribution >= 4 is 11.2 Å². The van der Waals surface area contributed by atoms with Crippen LogP contribution in [0, 0.1) is 5.41 Å². The molecular formula is C29H35N5O4. The first-order valence-electron chi connectivity index (χ1n) is 13.0. The molecule has 2 aromatic heterocycles. The zero-order valence-corrected chi connectivity index (χ0v) is 22.4. The van der Waals surface area contributed by atoms with E-state index >= 15 is 0 Å². The highest BCUT2D eigenvalue weighted by atomic mass is 16.5. The van der Waals surface area contributed by atoms with E-state index in [1.807, 2.05) is 60.9 Å². The van der Waals surface area contributed by atoms with Crippen LogP contribution >= 0.6 is 0 Å². The summed E-state index contributed by atoms with van der Waals surface area (Å²) in [4.78, 5) is 12.5. The summed E-state index contributed by atoms with van der Waals surface area (Å²) >= 11 is 0. The third-order valence-corrected chi connectivity index (χ3v) is 7.03. The van der Waals surface area contributed by atoms with E-state index in [4.69, 9.17) is 29.3 Å². The highest BCUT2D eigenvalue weighted by Crippen LogP contribution is 2.33. The quantitative estimate of drug-likeness (QED) is 0.304. The van der Waals surface area contributed by atoms with Gasteiger partial charge in [-0.05, 0) is 74.9 Å². The summed E-state index contributed by atoms with van der Waals surface area (Å²) in [5.41, 5.74) is 2.70. The Labute approximate surface area is 222 Å². The number of aromatic amines is 1. The summed E-state index contributed by atoms with van der Waals surface area (Å²) in [6, 6.07) is 13.8. The van der Waals surface area contributed by atoms with Crippen molar-refractivity contribution < 1.29 is 18.9 Å². The molecule has 0 saturated heterocycles. The van der Waals surface area contributed by atoms with Crippen molar-refractivity contribution in [3.63, 3.8) is 0 Å². The zero-order valence-electron chi connectivity index (χ0n) is 22.4. The van der Waals surface area contributed by atoms with Crippen molar-refractivity contribution in [2.75, 3.05) is 14.2 Å². The van der Waals surface area contributed by atoms with Crippen LogP contribution in [0.2, 0.25) is 0 Å². The Morgan fingerprint density at radius 1 is 1.00 bits per heavy atom. The van der Waals surface area contributed by atoms with Crippen LogP contribution in [-0.2, 0) is 23.5 Å². The van der Waals surface area contributed by atoms with Crippen molar-refractivity contribution in [1.29, 1.82) is 5.41 Å². The van der Waals surface area contributed by atoms with Gasteiger partial charge >= 0.3 is 0 Å². The first-order valence-corrected chi connectivity index (χ1v) is 13.0. The molecule has 0 bridgehead atoms. The van der Waals surface area contributed by atoms with E-state index in [0.29, 0.717) is 30.1 Å². The van der Waals surface area contributed by atoms with Gasteiger partial charge in [0.2, 0.25) is 0 Å². The predicted octanol–water partition coefficient (Wildman–Crippen LogP) is 5.08. The molecule has 9 nitrogen and oxygen atoms in total. The fraction of sp³-hybridized carbons (Fsp3) is 0.414. The number of imidazole rings is 1. The smallest absolute Gasteiger partial charge is 0.173 e. The number of aromatic nitrogens is 4. The van der Waals surface area contributed by atoms with Crippen LogP contribution in [0.1, 0.15) is 56.5 Å². The number of nitrogens with one attached hydrogen (secondary N) is 2. The summed E-state index contributed by atoms with van der Waals surface area (Å²) in [6.45, 7) is 4.86. The average molecular weight is 518 g/mol. The van der Waals surface area contributed by atoms with Gasteiger partial charge in [-0.2, -0.15) is 0 Å². The maximum Gasteiger partial charge on any atom is 0.173 e. The van der Waals surface area contributed by atoms with Crippen LogP contribution < -0.4 is 19.7 Å². The topological polar surface area (TPSA) is 107 Å². The third-order valence-electron chi connectivity index (χ3n) is 7.03. The molecule has 2 heterocycles. The first kappa shape index (κ1) is 25.8. The van der Waals surface area contributed by atoms with E-state index in [1.165, 1.54) is 12.8 Å². The van der Waals surface area contributed by atoms with Crippen LogP contribution in [-0.4, -0.2) is 39.8 Å². The van der Waals surface area contributed by atoms with E-state index < -0.39 is 5.60 Å². The van der Waals surface area contributed by atoms with Crippen molar-refractivity contribution in [2.24, 2.45) is 0 Å². The molecule has 5 rings (SSSR count). The summed E-state index contributed by atoms with van der Waals surface area (Å²) in [5, 5.41) is 8.36. The lowest BCUT2D eigenvalue weighted by atomic mass is 10.1. The van der Waals surface area contributed by atoms with E-state index in [0.717, 1.165) is 41.2 Å². The molecule has 0 atom stereocenters. The number of hydrogen-bond acceptors (Lipinski definition) is 7. The van der Waals surface area contributed by atoms with Gasteiger partial charge in [-0.1, -0.05) is 18.2 Å². The van der Waals surface area contributed by atoms with Gasteiger partial charge in [0.15, 0.2) is 22.6 Å². The molecule has 2 N–H and O–H groups in total. The van der Waals surface area contributed by atoms with Crippen molar-refractivity contribution in [1.82, 2.24) is 19.5 Å². The Morgan fingerprint density at radius 3 is 2.45 bits per heavy atom. The molecule has 1 aliphatic rings. The van der Waals surface area contributed by atoms with Gasteiger partial charge < -0.3 is 28.5 Å². The summed E-state index contributed by atoms with van der Waals surface area (Å²) < 4.78 is 25.3. The molecule has 4 aromatic rings. The fourth-order valence-electron chi connectivity index (χ4n) is 4.73. The number of fused-ring (bicyclic) bond motifs is 1. The number of H-pyrrole nitrogens is 1. The lowest BCUT2D eigenvalue weighted by Crippen LogP contribution is -2.23. The van der Waals surface area contributed by atoms with Gasteiger partial charge in [0.1, 0.15) is 22.7 Å². The number of rotatable bonds is 10. The molecule has 1 fully saturated rings. The Balaban J connectivity index is 1.38. The number of methoxy groups -OCH3 is 2. The van der Waals surface area contributed by atoms with Gasteiger partial charge in [0, 0.05) is 0 Å². The molecule has 38 heavy (non-hydrogen) atoms. The molecule has 9 heteroatoms. The SMILES string of the molecule is COc1ccc(COC(C)(C)c2nc3c([nH]2)c(=N)ncn3Cc2ccc(OC)c(OC3CCCC3)c2)cc1. The van der Waals surface area contributed by atoms with Gasteiger partial charge in [-0.25, -0.2) is 9.97 Å². The van der Waals surface area contributed by atoms with Crippen LogP contribution in [0.25, 0.3) is 11.2 Å². The van der Waals surface area contributed by atoms with E-state index in [-0.39, 0.29) is 11.6 Å². The number of nitrogens with zero attached hydrogens (tertiary/aromatic N) is 3. The number of benzene rings is 2. The van der Waals surface area contributed by atoms with E-state index in [9.17, 15) is 0 Å². The highest BCUT2D eigenvalue weighted by Gasteiger charge is 2.27. The summed E-state index contributed by atoms with van der Waals surface area (Å²) in [7, 11) is 3.31. The molecule has 0 aliphatic heterocycles. The monoisotopic (exact) mass is 517 g/mol. The lowest BCUT2D eigenvalue weighted by molar-refractivity contribution is -0.0393. The maximum absolute atomic E-state index is 8.36. The summed E-state index contributed by atoms with van der Waals surface area (Å²) in [6.07, 6.45) is 6.44. The third kappa shape index (κ3) is 5.52. The molecule has 1 saturated carbocycles. The van der Waals surface area contributed by atoms with Crippen LogP contribution in [0.4, 0.5) is 0 Å². The van der Waals surface area contributed by atoms with E-state index in [2.05, 4.69) is 9.97 Å². The second kappa shape index (κ2) is 10.9. The minimum Gasteiger partial charge on any atom is -0.497 e. The average Bonchev–Trinajstić information content (AvgIpc) is 3.61. The summed E-state index contributed by atoms with van der Waals surface area (Å²) in [5.74, 6) is 2.93. The minimum absolute atomic E-state index is 0.140. The first-order chi connectivity index (χ1) is 18.4. The normalized spacial score (nSPS) is 14.2. The van der Waals surface area contributed by atoms with Gasteiger partial charge in [-0.3, -0.25) is 5.41 Å². The van der Waals surface area contributed by atoms with Gasteiger partial charge in [-0.15, -0.1) is 0 Å². The van der Waals surface area contributed by atoms with Crippen molar-refractivity contribution in [2.45, 2.75) is 64.4 Å². The van der Waals surface area contributed by atoms with Gasteiger partial charge in [0.25, 0.3) is 0 Å². The van der Waals surface area contributed by atoms with Crippen LogP contribution in [0.3, 0.4) is 0 Å². The molecule has 0 amide bonds. The molecule has 0 spiro atoms. The molecule has 0 radical (unpaired) electrons. The second-order valence-corrected chi connectivity index (χ2v) is 10.2. The Morgan fingerprint density at radius 2 is 1.74 bits per heavy atom. The molecule has 2 aromatic carbocycles. The Kier molecular flexibility index (Phi) is 7.37. The largest absolute Gasteiger partial charge is 0.497 e. The molecule has 0 unspecified atom stereocenters. The van der Waals surface area contributed by atoms with Gasteiger partial charge in [0.05, 0.1) is 39.8 Å². The van der Waals surface area contributed by atoms with E-state index in [1.54, 1.807) is 20.5 Å². The molecule has 200 valence electrons. The minimum atomic E-state index is -0.717. The second-order valence-electron chi connectivity index (χ2n) is 10.2. The van der Waals surface area contributed by atoms with Crippen LogP contribution in [0.5, 0.6) is 17.2 Å². The fourth-order valence-corrected chi connectivity index (χ4v) is 4.73. The standard InChI is InChI=1S/C29H35N5O4/c1-29(2,37-17-19-9-12-21(35-3)13-10-19)28-32-25-26(30)31-18-34(27(25)33-28)16-20-11-14-23(36-4)24(15-20)38-22-7-5-6-8-22/h9-15,18,22,30H,5-8,16-17H2,1-4H3,(H,32,33). The lowest BCUT2D eigenvalue weighted by Gasteiger charge is -2.23. The van der Waals surface area contributed by atoms with Crippen molar-refractivity contribution in [3.8, 4) is 17.2 Å². The number of ether oxygens (including phenoxy) is 4. The molecular weight excluding hydrogens is 482 g/mol. The number of hydrogen-bond donors (Lipinski definition) is 2. The zero-order chi connectivity index (χ0) is 26.7. The van der Waals surface area contributed by atoms with Crippen LogP contribution in [0.15, 0.2) is 48.8 Å². The Bertz CT molecular complexity index is 1450. The maximum atomic E-state index is 8.36. The predicted molar refractivity (Wildman–Crippen MR) is 144 cm³/mol. The molecule has 1 aliphatic carbocycles. The van der Waals surface area contributed by atoms with Crippen molar-refractivity contribution in [3.05, 3.63) is 71.2 Å². The highest BCUT2D eigenvalue weighted by molar-refractivity contribution is 5.69.